The molecule has 2 N–H and O–H groups in total. The van der Waals surface area contributed by atoms with Crippen molar-refractivity contribution >= 4 is 24.4 Å². The normalized spacial score (nSPS) is 10.3. The third-order valence-electron chi connectivity index (χ3n) is 3.49. The number of hydrogen-bond acceptors (Lipinski definition) is 4. The van der Waals surface area contributed by atoms with Crippen LogP contribution in [0.1, 0.15) is 20.7 Å². The van der Waals surface area contributed by atoms with E-state index in [-0.39, 0.29) is 11.1 Å². The molecule has 0 unspecified atom stereocenters. The summed E-state index contributed by atoms with van der Waals surface area (Å²) in [6, 6.07) is 14.9. The third kappa shape index (κ3) is 6.16. The van der Waals surface area contributed by atoms with Gasteiger partial charge in [-0.3, -0.25) is 24.8 Å². The second kappa shape index (κ2) is 9.80. The number of rotatable bonds is 4. The number of guanidine groups is 1. The maximum Gasteiger partial charge on any atom is 0.344 e. The Morgan fingerprint density at radius 1 is 0.889 bits per heavy atom. The van der Waals surface area contributed by atoms with Crippen LogP contribution in [-0.2, 0) is 4.57 Å². The molecule has 0 aliphatic rings. The Morgan fingerprint density at radius 3 is 1.44 bits per heavy atom. The van der Waals surface area contributed by atoms with Gasteiger partial charge in [0.25, 0.3) is 0 Å². The highest BCUT2D eigenvalue weighted by Gasteiger charge is 2.29. The molecule has 0 heterocycles. The highest BCUT2D eigenvalue weighted by molar-refractivity contribution is 7.89. The van der Waals surface area contributed by atoms with Crippen LogP contribution in [0, 0.1) is 0 Å². The zero-order chi connectivity index (χ0) is 20.6. The molecule has 0 fully saturated rings. The smallest absolute Gasteiger partial charge is 0.344 e. The van der Waals surface area contributed by atoms with Gasteiger partial charge >= 0.3 is 5.96 Å². The van der Waals surface area contributed by atoms with E-state index in [4.69, 9.17) is 5.73 Å². The number of hydrogen-bond donors (Lipinski definition) is 1. The summed E-state index contributed by atoms with van der Waals surface area (Å²) in [4.78, 5) is 37.6. The Balaban J connectivity index is 0.000000387. The molecule has 2 aromatic rings. The van der Waals surface area contributed by atoms with Crippen LogP contribution in [0.5, 0.6) is 0 Å². The molecule has 8 heteroatoms. The fraction of sp³-hybridized carbons (Fsp3) is 0.211. The second-order valence-electron chi connectivity index (χ2n) is 6.04. The summed E-state index contributed by atoms with van der Waals surface area (Å²) in [6.45, 7) is 0. The molecule has 0 aliphatic carbocycles. The quantitative estimate of drug-likeness (QED) is 0.367. The number of carbonyl (C=O) groups excluding carboxylic acids is 2. The number of benzene rings is 2. The van der Waals surface area contributed by atoms with Gasteiger partial charge in [-0.15, -0.1) is 0 Å². The van der Waals surface area contributed by atoms with Gasteiger partial charge < -0.3 is 9.46 Å². The first-order chi connectivity index (χ1) is 12.6. The summed E-state index contributed by atoms with van der Waals surface area (Å²) in [5, 5.41) is 0. The summed E-state index contributed by atoms with van der Waals surface area (Å²) in [7, 11) is 2.80. The van der Waals surface area contributed by atoms with Crippen molar-refractivity contribution in [1.29, 1.82) is 0 Å². The zero-order valence-corrected chi connectivity index (χ0v) is 16.7. The Hall–Kier alpha value is -2.76. The summed E-state index contributed by atoms with van der Waals surface area (Å²) in [6.07, 6.45) is 0. The van der Waals surface area contributed by atoms with Crippen LogP contribution in [0.4, 0.5) is 0 Å². The van der Waals surface area contributed by atoms with Gasteiger partial charge in [-0.1, -0.05) is 60.7 Å². The zero-order valence-electron chi connectivity index (χ0n) is 15.8. The minimum atomic E-state index is -4.85. The summed E-state index contributed by atoms with van der Waals surface area (Å²) < 4.78 is 13.8. The van der Waals surface area contributed by atoms with Crippen molar-refractivity contribution < 1.29 is 23.6 Å². The molecule has 0 aromatic heterocycles. The number of carbonyl (C=O) groups is 2. The van der Waals surface area contributed by atoms with E-state index in [1.165, 1.54) is 24.3 Å². The molecule has 2 aromatic carbocycles. The fourth-order valence-electron chi connectivity index (χ4n) is 1.99. The standard InChI is InChI=1S/C14H11O4P.C5H13N3/c15-13(11-7-3-1-4-8-11)19(17,18)14(16)12-9-5-2-6-10-12;1-7(2)5(6)8(3)4/h1-10H,(H,17,18);6H,1-4H3. The minimum absolute atomic E-state index is 0.00915. The molecule has 0 saturated carbocycles. The lowest BCUT2D eigenvalue weighted by Crippen LogP contribution is -2.36. The second-order valence-corrected chi connectivity index (χ2v) is 7.96. The van der Waals surface area contributed by atoms with E-state index in [1.807, 2.05) is 37.7 Å². The number of nitrogens with zero attached hydrogens (tertiary/aromatic N) is 2. The van der Waals surface area contributed by atoms with Crippen LogP contribution in [0.25, 0.3) is 0 Å². The monoisotopic (exact) mass is 389 g/mol. The molecule has 144 valence electrons. The Bertz CT molecular complexity index is 806. The van der Waals surface area contributed by atoms with Crippen LogP contribution < -0.4 is 10.6 Å². The van der Waals surface area contributed by atoms with Gasteiger partial charge in [-0.05, 0) is 0 Å². The van der Waals surface area contributed by atoms with Crippen molar-refractivity contribution in [2.45, 2.75) is 0 Å². The SMILES string of the molecule is CN(C)C(N)=[N+](C)C.O=C(c1ccccc1)P(=O)([O-])C(=O)c1ccccc1. The third-order valence-corrected chi connectivity index (χ3v) is 5.08. The van der Waals surface area contributed by atoms with E-state index in [2.05, 4.69) is 0 Å². The molecule has 27 heavy (non-hydrogen) atoms. The van der Waals surface area contributed by atoms with Gasteiger partial charge in [0, 0.05) is 11.1 Å². The van der Waals surface area contributed by atoms with Crippen molar-refractivity contribution in [1.82, 2.24) is 4.90 Å². The van der Waals surface area contributed by atoms with Gasteiger partial charge in [-0.2, -0.15) is 0 Å². The topological polar surface area (TPSA) is 107 Å². The van der Waals surface area contributed by atoms with Crippen LogP contribution in [0.15, 0.2) is 60.7 Å². The van der Waals surface area contributed by atoms with Crippen LogP contribution in [0.2, 0.25) is 0 Å². The molecule has 0 saturated heterocycles. The molecule has 2 rings (SSSR count). The van der Waals surface area contributed by atoms with Gasteiger partial charge in [-0.25, -0.2) is 0 Å². The molecule has 0 radical (unpaired) electrons. The van der Waals surface area contributed by atoms with Crippen molar-refractivity contribution in [2.24, 2.45) is 5.73 Å². The average Bonchev–Trinajstić information content (AvgIpc) is 2.67. The fourth-order valence-corrected chi connectivity index (χ4v) is 3.16. The van der Waals surface area contributed by atoms with Gasteiger partial charge in [0.15, 0.2) is 7.37 Å². The van der Waals surface area contributed by atoms with Crippen LogP contribution >= 0.6 is 7.37 Å². The highest BCUT2D eigenvalue weighted by atomic mass is 31.2. The molecule has 0 spiro atoms. The maximum atomic E-state index is 12.0. The molecule has 0 atom stereocenters. The molecule has 0 aliphatic heterocycles. The van der Waals surface area contributed by atoms with Crippen LogP contribution in [-0.4, -0.2) is 54.7 Å². The molecule has 0 amide bonds. The first kappa shape index (κ1) is 22.3. The Labute approximate surface area is 159 Å². The Kier molecular flexibility index (Phi) is 8.09. The van der Waals surface area contributed by atoms with E-state index in [9.17, 15) is 19.0 Å². The maximum absolute atomic E-state index is 12.0. The van der Waals surface area contributed by atoms with E-state index in [1.54, 1.807) is 36.4 Å². The molecular weight excluding hydrogens is 365 g/mol. The first-order valence-electron chi connectivity index (χ1n) is 8.07. The summed E-state index contributed by atoms with van der Waals surface area (Å²) in [5.41, 5.74) is 3.21. The Morgan fingerprint density at radius 2 is 1.22 bits per heavy atom. The van der Waals surface area contributed by atoms with Gasteiger partial charge in [0.05, 0.1) is 28.2 Å². The minimum Gasteiger partial charge on any atom is -0.788 e. The van der Waals surface area contributed by atoms with E-state index in [0.717, 1.165) is 5.96 Å². The lowest BCUT2D eigenvalue weighted by molar-refractivity contribution is -0.470. The van der Waals surface area contributed by atoms with E-state index >= 15 is 0 Å². The summed E-state index contributed by atoms with van der Waals surface area (Å²) in [5.74, 6) is 0.769. The lowest BCUT2D eigenvalue weighted by atomic mass is 10.2. The molecular formula is C19H24N3O4P. The first-order valence-corrected chi connectivity index (χ1v) is 9.69. The largest absolute Gasteiger partial charge is 0.788 e. The van der Waals surface area contributed by atoms with Crippen molar-refractivity contribution in [2.75, 3.05) is 28.2 Å². The van der Waals surface area contributed by atoms with Crippen molar-refractivity contribution in [3.05, 3.63) is 71.8 Å². The van der Waals surface area contributed by atoms with E-state index in [0.29, 0.717) is 0 Å². The van der Waals surface area contributed by atoms with Crippen molar-refractivity contribution in [3.63, 3.8) is 0 Å². The predicted molar refractivity (Wildman–Crippen MR) is 104 cm³/mol. The predicted octanol–water partition coefficient (Wildman–Crippen LogP) is 1.44. The van der Waals surface area contributed by atoms with Crippen LogP contribution in [0.3, 0.4) is 0 Å². The highest BCUT2D eigenvalue weighted by Crippen LogP contribution is 2.43. The van der Waals surface area contributed by atoms with Crippen molar-refractivity contribution in [3.8, 4) is 0 Å². The summed E-state index contributed by atoms with van der Waals surface area (Å²) >= 11 is 0. The number of nitrogens with two attached hydrogens (primary N) is 1. The lowest BCUT2D eigenvalue weighted by Gasteiger charge is -2.20. The van der Waals surface area contributed by atoms with E-state index < -0.39 is 18.4 Å². The van der Waals surface area contributed by atoms with Gasteiger partial charge in [0.1, 0.15) is 0 Å². The molecule has 7 nitrogen and oxygen atoms in total. The van der Waals surface area contributed by atoms with Gasteiger partial charge in [0.2, 0.25) is 11.0 Å². The average molecular weight is 389 g/mol. The molecule has 0 bridgehead atoms.